The van der Waals surface area contributed by atoms with Crippen molar-refractivity contribution in [3.8, 4) is 0 Å². The minimum Gasteiger partial charge on any atom is -0.375 e. The fraction of sp³-hybridized carbons (Fsp3) is 0.188. The molecule has 0 saturated carbocycles. The van der Waals surface area contributed by atoms with E-state index in [1.54, 1.807) is 18.2 Å². The van der Waals surface area contributed by atoms with Crippen LogP contribution in [0, 0.1) is 0 Å². The zero-order chi connectivity index (χ0) is 15.1. The van der Waals surface area contributed by atoms with Crippen LogP contribution in [0.25, 0.3) is 0 Å². The Labute approximate surface area is 134 Å². The normalized spacial score (nSPS) is 10.2. The molecule has 0 unspecified atom stereocenters. The van der Waals surface area contributed by atoms with Crippen molar-refractivity contribution in [2.45, 2.75) is 6.42 Å². The van der Waals surface area contributed by atoms with Crippen LogP contribution in [0.2, 0.25) is 10.0 Å². The monoisotopic (exact) mass is 322 g/mol. The van der Waals surface area contributed by atoms with Crippen LogP contribution in [0.1, 0.15) is 5.56 Å². The van der Waals surface area contributed by atoms with Gasteiger partial charge in [-0.2, -0.15) is 0 Å². The summed E-state index contributed by atoms with van der Waals surface area (Å²) in [6.45, 7) is 0.767. The first-order valence-electron chi connectivity index (χ1n) is 6.65. The minimum absolute atomic E-state index is 0.0815. The molecule has 1 amide bonds. The van der Waals surface area contributed by atoms with E-state index in [4.69, 9.17) is 23.2 Å². The van der Waals surface area contributed by atoms with Gasteiger partial charge in [-0.1, -0.05) is 59.6 Å². The van der Waals surface area contributed by atoms with Crippen LogP contribution in [0.3, 0.4) is 0 Å². The van der Waals surface area contributed by atoms with E-state index in [0.717, 1.165) is 6.42 Å². The Kier molecular flexibility index (Phi) is 5.90. The summed E-state index contributed by atoms with van der Waals surface area (Å²) in [6.07, 6.45) is 0.810. The van der Waals surface area contributed by atoms with Gasteiger partial charge in [0.15, 0.2) is 0 Å². The topological polar surface area (TPSA) is 41.1 Å². The molecule has 0 saturated heterocycles. The number of amides is 1. The summed E-state index contributed by atoms with van der Waals surface area (Å²) >= 11 is 11.9. The van der Waals surface area contributed by atoms with Gasteiger partial charge in [0.2, 0.25) is 5.91 Å². The Hall–Kier alpha value is -1.71. The second-order valence-corrected chi connectivity index (χ2v) is 5.33. The first kappa shape index (κ1) is 15.7. The van der Waals surface area contributed by atoms with Crippen molar-refractivity contribution in [1.82, 2.24) is 5.32 Å². The molecule has 0 aromatic heterocycles. The Morgan fingerprint density at radius 1 is 1.00 bits per heavy atom. The fourth-order valence-corrected chi connectivity index (χ4v) is 2.24. The maximum absolute atomic E-state index is 11.8. The number of anilines is 1. The standard InChI is InChI=1S/C16H16Cl2N2O/c17-13-7-4-8-14(16(13)18)20-11-15(21)19-10-9-12-5-2-1-3-6-12/h1-8,20H,9-11H2,(H,19,21). The Morgan fingerprint density at radius 2 is 1.76 bits per heavy atom. The largest absolute Gasteiger partial charge is 0.375 e. The van der Waals surface area contributed by atoms with Crippen LogP contribution in [-0.2, 0) is 11.2 Å². The number of halogens is 2. The Bertz CT molecular complexity index is 602. The van der Waals surface area contributed by atoms with E-state index in [1.165, 1.54) is 5.56 Å². The maximum atomic E-state index is 11.8. The molecule has 0 atom stereocenters. The van der Waals surface area contributed by atoms with Gasteiger partial charge in [-0.25, -0.2) is 0 Å². The molecule has 2 aromatic rings. The highest BCUT2D eigenvalue weighted by Crippen LogP contribution is 2.29. The first-order chi connectivity index (χ1) is 10.2. The van der Waals surface area contributed by atoms with E-state index in [-0.39, 0.29) is 12.5 Å². The highest BCUT2D eigenvalue weighted by molar-refractivity contribution is 6.43. The average molecular weight is 323 g/mol. The van der Waals surface area contributed by atoms with E-state index in [0.29, 0.717) is 22.3 Å². The lowest BCUT2D eigenvalue weighted by Gasteiger charge is -2.10. The molecule has 110 valence electrons. The van der Waals surface area contributed by atoms with Crippen LogP contribution >= 0.6 is 23.2 Å². The number of rotatable bonds is 6. The molecule has 21 heavy (non-hydrogen) atoms. The molecule has 3 nitrogen and oxygen atoms in total. The van der Waals surface area contributed by atoms with Crippen LogP contribution in [0.5, 0.6) is 0 Å². The summed E-state index contributed by atoms with van der Waals surface area (Å²) in [5, 5.41) is 6.72. The second-order valence-electron chi connectivity index (χ2n) is 4.54. The minimum atomic E-state index is -0.0815. The molecule has 0 radical (unpaired) electrons. The molecule has 0 aliphatic heterocycles. The number of benzene rings is 2. The van der Waals surface area contributed by atoms with E-state index in [9.17, 15) is 4.79 Å². The molecule has 0 aliphatic carbocycles. The molecule has 0 heterocycles. The van der Waals surface area contributed by atoms with Gasteiger partial charge in [0.1, 0.15) is 0 Å². The number of carbonyl (C=O) groups is 1. The SMILES string of the molecule is O=C(CNc1cccc(Cl)c1Cl)NCCc1ccccc1. The van der Waals surface area contributed by atoms with Crippen LogP contribution in [-0.4, -0.2) is 19.0 Å². The lowest BCUT2D eigenvalue weighted by molar-refractivity contribution is -0.119. The summed E-state index contributed by atoms with van der Waals surface area (Å²) in [6, 6.07) is 15.3. The third kappa shape index (κ3) is 4.96. The van der Waals surface area contributed by atoms with Gasteiger partial charge in [-0.05, 0) is 24.1 Å². The molecule has 2 rings (SSSR count). The summed E-state index contributed by atoms with van der Waals surface area (Å²) in [4.78, 5) is 11.8. The van der Waals surface area contributed by atoms with Gasteiger partial charge >= 0.3 is 0 Å². The number of nitrogens with one attached hydrogen (secondary N) is 2. The van der Waals surface area contributed by atoms with E-state index >= 15 is 0 Å². The van der Waals surface area contributed by atoms with Crippen LogP contribution in [0.4, 0.5) is 5.69 Å². The van der Waals surface area contributed by atoms with Gasteiger partial charge in [-0.15, -0.1) is 0 Å². The number of hydrogen-bond donors (Lipinski definition) is 2. The first-order valence-corrected chi connectivity index (χ1v) is 7.41. The predicted octanol–water partition coefficient (Wildman–Crippen LogP) is 3.76. The molecule has 2 N–H and O–H groups in total. The third-order valence-electron chi connectivity index (χ3n) is 2.97. The maximum Gasteiger partial charge on any atom is 0.239 e. The second kappa shape index (κ2) is 7.91. The van der Waals surface area contributed by atoms with Crippen molar-refractivity contribution in [1.29, 1.82) is 0 Å². The molecular weight excluding hydrogens is 307 g/mol. The summed E-state index contributed by atoms with van der Waals surface area (Å²) < 4.78 is 0. The highest BCUT2D eigenvalue weighted by atomic mass is 35.5. The van der Waals surface area contributed by atoms with Crippen molar-refractivity contribution in [2.24, 2.45) is 0 Å². The molecule has 0 aliphatic rings. The zero-order valence-corrected chi connectivity index (χ0v) is 12.9. The van der Waals surface area contributed by atoms with Gasteiger partial charge in [0, 0.05) is 6.54 Å². The molecule has 5 heteroatoms. The van der Waals surface area contributed by atoms with Crippen molar-refractivity contribution in [3.05, 3.63) is 64.1 Å². The molecule has 0 spiro atoms. The van der Waals surface area contributed by atoms with E-state index in [1.807, 2.05) is 30.3 Å². The van der Waals surface area contributed by atoms with Crippen LogP contribution in [0.15, 0.2) is 48.5 Å². The lowest BCUT2D eigenvalue weighted by atomic mass is 10.1. The van der Waals surface area contributed by atoms with Gasteiger partial charge < -0.3 is 10.6 Å². The van der Waals surface area contributed by atoms with Crippen molar-refractivity contribution in [2.75, 3.05) is 18.4 Å². The van der Waals surface area contributed by atoms with Gasteiger partial charge in [0.05, 0.1) is 22.3 Å². The molecular formula is C16H16Cl2N2O. The van der Waals surface area contributed by atoms with Crippen molar-refractivity contribution >= 4 is 34.8 Å². The number of hydrogen-bond acceptors (Lipinski definition) is 2. The molecule has 2 aromatic carbocycles. The summed E-state index contributed by atoms with van der Waals surface area (Å²) in [5.41, 5.74) is 1.85. The summed E-state index contributed by atoms with van der Waals surface area (Å²) in [5.74, 6) is -0.0815. The zero-order valence-electron chi connectivity index (χ0n) is 11.4. The highest BCUT2D eigenvalue weighted by Gasteiger charge is 2.06. The van der Waals surface area contributed by atoms with E-state index in [2.05, 4.69) is 10.6 Å². The Morgan fingerprint density at radius 3 is 2.52 bits per heavy atom. The van der Waals surface area contributed by atoms with Gasteiger partial charge in [0.25, 0.3) is 0 Å². The lowest BCUT2D eigenvalue weighted by Crippen LogP contribution is -2.31. The predicted molar refractivity (Wildman–Crippen MR) is 88.1 cm³/mol. The molecule has 0 fully saturated rings. The summed E-state index contributed by atoms with van der Waals surface area (Å²) in [7, 11) is 0. The average Bonchev–Trinajstić information content (AvgIpc) is 2.50. The van der Waals surface area contributed by atoms with E-state index < -0.39 is 0 Å². The van der Waals surface area contributed by atoms with Gasteiger partial charge in [-0.3, -0.25) is 4.79 Å². The quantitative estimate of drug-likeness (QED) is 0.850. The van der Waals surface area contributed by atoms with Crippen LogP contribution < -0.4 is 10.6 Å². The molecule has 0 bridgehead atoms. The smallest absolute Gasteiger partial charge is 0.239 e. The number of carbonyl (C=O) groups excluding carboxylic acids is 1. The Balaban J connectivity index is 1.74. The third-order valence-corrected chi connectivity index (χ3v) is 3.79. The van der Waals surface area contributed by atoms with Crippen molar-refractivity contribution in [3.63, 3.8) is 0 Å². The fourth-order valence-electron chi connectivity index (χ4n) is 1.87. The van der Waals surface area contributed by atoms with Crippen molar-refractivity contribution < 1.29 is 4.79 Å².